The normalized spacial score (nSPS) is 14.2. The van der Waals surface area contributed by atoms with E-state index in [-0.39, 0.29) is 17.8 Å². The second kappa shape index (κ2) is 9.73. The van der Waals surface area contributed by atoms with Crippen molar-refractivity contribution < 1.29 is 0 Å². The Labute approximate surface area is 179 Å². The molecule has 0 aliphatic carbocycles. The largest absolute Gasteiger partial charge is 0.198 e. The van der Waals surface area contributed by atoms with Gasteiger partial charge in [0.15, 0.2) is 0 Å². The van der Waals surface area contributed by atoms with Crippen molar-refractivity contribution in [2.24, 2.45) is 5.92 Å². The summed E-state index contributed by atoms with van der Waals surface area (Å²) in [6, 6.07) is 31.2. The van der Waals surface area contributed by atoms with E-state index in [4.69, 9.17) is 0 Å². The number of nitriles is 2. The van der Waals surface area contributed by atoms with Crippen LogP contribution in [0.4, 0.5) is 0 Å². The van der Waals surface area contributed by atoms with Crippen LogP contribution in [0.15, 0.2) is 84.9 Å². The maximum absolute atomic E-state index is 10.1. The Morgan fingerprint density at radius 1 is 0.800 bits per heavy atom. The maximum Gasteiger partial charge on any atom is 0.0994 e. The van der Waals surface area contributed by atoms with E-state index in [1.54, 1.807) is 0 Å². The summed E-state index contributed by atoms with van der Waals surface area (Å²) in [5.41, 5.74) is 5.97. The minimum Gasteiger partial charge on any atom is -0.198 e. The highest BCUT2D eigenvalue weighted by molar-refractivity contribution is 5.77. The lowest BCUT2D eigenvalue weighted by atomic mass is 9.74. The van der Waals surface area contributed by atoms with Crippen molar-refractivity contribution in [2.45, 2.75) is 32.6 Å². The van der Waals surface area contributed by atoms with Gasteiger partial charge in [-0.2, -0.15) is 10.5 Å². The average Bonchev–Trinajstić information content (AvgIpc) is 2.76. The van der Waals surface area contributed by atoms with E-state index in [0.29, 0.717) is 5.57 Å². The zero-order chi connectivity index (χ0) is 21.5. The molecule has 0 aliphatic rings. The van der Waals surface area contributed by atoms with Crippen LogP contribution in [0.1, 0.15) is 46.6 Å². The molecule has 0 spiro atoms. The lowest BCUT2D eigenvalue weighted by molar-refractivity contribution is 0.508. The third-order valence-electron chi connectivity index (χ3n) is 5.53. The molecule has 0 saturated heterocycles. The lowest BCUT2D eigenvalue weighted by Gasteiger charge is -2.28. The molecular weight excluding hydrogens is 364 g/mol. The molecule has 0 aromatic heterocycles. The van der Waals surface area contributed by atoms with Gasteiger partial charge in [-0.3, -0.25) is 0 Å². The number of rotatable bonds is 6. The first-order valence-electron chi connectivity index (χ1n) is 10.2. The number of aryl methyl sites for hydroxylation is 2. The number of hydrogen-bond acceptors (Lipinski definition) is 2. The van der Waals surface area contributed by atoms with E-state index in [0.717, 1.165) is 27.8 Å². The van der Waals surface area contributed by atoms with E-state index in [9.17, 15) is 10.5 Å². The molecule has 2 heteroatoms. The third-order valence-corrected chi connectivity index (χ3v) is 5.53. The molecule has 0 aliphatic heterocycles. The maximum atomic E-state index is 10.1. The van der Waals surface area contributed by atoms with Gasteiger partial charge in [0.25, 0.3) is 0 Å². The fourth-order valence-electron chi connectivity index (χ4n) is 4.08. The predicted molar refractivity (Wildman–Crippen MR) is 123 cm³/mol. The monoisotopic (exact) mass is 390 g/mol. The van der Waals surface area contributed by atoms with Crippen molar-refractivity contribution in [3.05, 3.63) is 113 Å². The topological polar surface area (TPSA) is 47.6 Å². The molecule has 0 radical (unpaired) electrons. The van der Waals surface area contributed by atoms with Crippen LogP contribution in [0.2, 0.25) is 0 Å². The predicted octanol–water partition coefficient (Wildman–Crippen LogP) is 6.94. The molecule has 0 amide bonds. The first kappa shape index (κ1) is 21.1. The standard InChI is InChI=1S/C28H26N2/c1-20-9-7-13-24(15-20)26(18-29)17-22(3)28(25-14-8-10-21(2)16-25)27(19-30)23-11-5-4-6-12-23/h4-17,22,27-28H,1-3H3. The van der Waals surface area contributed by atoms with Gasteiger partial charge in [0, 0.05) is 5.92 Å². The molecule has 30 heavy (non-hydrogen) atoms. The van der Waals surface area contributed by atoms with E-state index in [1.807, 2.05) is 73.7 Å². The minimum absolute atomic E-state index is 0.00758. The molecule has 2 nitrogen and oxygen atoms in total. The van der Waals surface area contributed by atoms with Crippen LogP contribution in [0.3, 0.4) is 0 Å². The number of allylic oxidation sites excluding steroid dienone is 2. The molecule has 148 valence electrons. The van der Waals surface area contributed by atoms with Gasteiger partial charge in [-0.1, -0.05) is 103 Å². The Morgan fingerprint density at radius 3 is 2.03 bits per heavy atom. The lowest BCUT2D eigenvalue weighted by Crippen LogP contribution is -2.17. The summed E-state index contributed by atoms with van der Waals surface area (Å²) in [4.78, 5) is 0. The van der Waals surface area contributed by atoms with Crippen molar-refractivity contribution in [1.29, 1.82) is 10.5 Å². The van der Waals surface area contributed by atoms with E-state index in [1.165, 1.54) is 0 Å². The Hall–Kier alpha value is -3.62. The summed E-state index contributed by atoms with van der Waals surface area (Å²) in [7, 11) is 0. The Balaban J connectivity index is 2.09. The number of hydrogen-bond donors (Lipinski definition) is 0. The van der Waals surface area contributed by atoms with Crippen molar-refractivity contribution in [1.82, 2.24) is 0 Å². The van der Waals surface area contributed by atoms with Crippen molar-refractivity contribution in [3.8, 4) is 12.1 Å². The van der Waals surface area contributed by atoms with Gasteiger partial charge in [-0.25, -0.2) is 0 Å². The summed E-state index contributed by atoms with van der Waals surface area (Å²) in [5.74, 6) is -0.381. The molecule has 0 saturated carbocycles. The highest BCUT2D eigenvalue weighted by atomic mass is 14.4. The second-order valence-corrected chi connectivity index (χ2v) is 7.88. The quantitative estimate of drug-likeness (QED) is 0.428. The number of nitrogens with zero attached hydrogens (tertiary/aromatic N) is 2. The molecule has 3 rings (SSSR count). The van der Waals surface area contributed by atoms with Crippen LogP contribution in [-0.2, 0) is 0 Å². The van der Waals surface area contributed by atoms with Gasteiger partial charge in [0.2, 0.25) is 0 Å². The van der Waals surface area contributed by atoms with Crippen molar-refractivity contribution >= 4 is 5.57 Å². The highest BCUT2D eigenvalue weighted by Gasteiger charge is 2.29. The van der Waals surface area contributed by atoms with Gasteiger partial charge < -0.3 is 0 Å². The van der Waals surface area contributed by atoms with Crippen LogP contribution in [0, 0.1) is 42.4 Å². The summed E-state index contributed by atoms with van der Waals surface area (Å²) < 4.78 is 0. The van der Waals surface area contributed by atoms with Gasteiger partial charge in [-0.15, -0.1) is 0 Å². The summed E-state index contributed by atoms with van der Waals surface area (Å²) >= 11 is 0. The SMILES string of the molecule is Cc1cccc(C(C#N)=CC(C)C(c2cccc(C)c2)C(C#N)c2ccccc2)c1. The summed E-state index contributed by atoms with van der Waals surface area (Å²) in [6.45, 7) is 6.20. The second-order valence-electron chi connectivity index (χ2n) is 7.88. The minimum atomic E-state index is -0.309. The van der Waals surface area contributed by atoms with Gasteiger partial charge in [0.1, 0.15) is 0 Å². The summed E-state index contributed by atoms with van der Waals surface area (Å²) in [5, 5.41) is 20.0. The molecule has 3 aromatic carbocycles. The molecule has 3 unspecified atom stereocenters. The van der Waals surface area contributed by atoms with Crippen LogP contribution in [-0.4, -0.2) is 0 Å². The van der Waals surface area contributed by atoms with Crippen LogP contribution in [0.5, 0.6) is 0 Å². The van der Waals surface area contributed by atoms with Crippen molar-refractivity contribution in [2.75, 3.05) is 0 Å². The Bertz CT molecular complexity index is 1110. The summed E-state index contributed by atoms with van der Waals surface area (Å²) in [6.07, 6.45) is 2.02. The van der Waals surface area contributed by atoms with Crippen LogP contribution in [0.25, 0.3) is 5.57 Å². The third kappa shape index (κ3) is 4.86. The fourth-order valence-corrected chi connectivity index (χ4v) is 4.08. The van der Waals surface area contributed by atoms with Gasteiger partial charge in [-0.05, 0) is 36.5 Å². The van der Waals surface area contributed by atoms with Crippen molar-refractivity contribution in [3.63, 3.8) is 0 Å². The van der Waals surface area contributed by atoms with E-state index in [2.05, 4.69) is 44.2 Å². The Morgan fingerprint density at radius 2 is 1.43 bits per heavy atom. The molecule has 3 atom stereocenters. The van der Waals surface area contributed by atoms with Crippen LogP contribution < -0.4 is 0 Å². The van der Waals surface area contributed by atoms with Gasteiger partial charge >= 0.3 is 0 Å². The average molecular weight is 391 g/mol. The van der Waals surface area contributed by atoms with E-state index >= 15 is 0 Å². The Kier molecular flexibility index (Phi) is 6.84. The van der Waals surface area contributed by atoms with Gasteiger partial charge in [0.05, 0.1) is 23.6 Å². The zero-order valence-electron chi connectivity index (χ0n) is 17.7. The van der Waals surface area contributed by atoms with E-state index < -0.39 is 0 Å². The molecule has 0 heterocycles. The molecule has 3 aromatic rings. The number of benzene rings is 3. The zero-order valence-corrected chi connectivity index (χ0v) is 17.7. The smallest absolute Gasteiger partial charge is 0.0994 e. The van der Waals surface area contributed by atoms with Crippen LogP contribution >= 0.6 is 0 Å². The molecular formula is C28H26N2. The first-order chi connectivity index (χ1) is 14.5. The molecule has 0 bridgehead atoms. The molecule has 0 N–H and O–H groups in total. The first-order valence-corrected chi connectivity index (χ1v) is 10.2. The molecule has 0 fully saturated rings. The fraction of sp³-hybridized carbons (Fsp3) is 0.214. The highest BCUT2D eigenvalue weighted by Crippen LogP contribution is 2.40.